The molecular weight excluding hydrogens is 627 g/mol. The van der Waals surface area contributed by atoms with Gasteiger partial charge in [-0.05, 0) is 74.5 Å². The fourth-order valence-corrected chi connectivity index (χ4v) is 4.68. The molecule has 0 radical (unpaired) electrons. The van der Waals surface area contributed by atoms with Crippen molar-refractivity contribution >= 4 is 43.6 Å². The van der Waals surface area contributed by atoms with E-state index in [0.29, 0.717) is 33.9 Å². The summed E-state index contributed by atoms with van der Waals surface area (Å²) < 4.78 is 64.4. The number of allylic oxidation sites excluding steroid dienone is 4. The van der Waals surface area contributed by atoms with Gasteiger partial charge in [0.25, 0.3) is 31.7 Å². The van der Waals surface area contributed by atoms with Crippen molar-refractivity contribution in [3.05, 3.63) is 100 Å². The van der Waals surface area contributed by atoms with Crippen LogP contribution in [0.3, 0.4) is 0 Å². The Morgan fingerprint density at radius 3 is 1.83 bits per heavy atom. The Morgan fingerprint density at radius 1 is 0.805 bits per heavy atom. The fraction of sp³-hybridized carbons (Fsp3) is 0.0800. The van der Waals surface area contributed by atoms with Crippen molar-refractivity contribution in [2.75, 3.05) is 5.01 Å². The zero-order valence-corrected chi connectivity index (χ0v) is 30.4. The van der Waals surface area contributed by atoms with Crippen molar-refractivity contribution in [3.63, 3.8) is 0 Å². The average molecular weight is 651 g/mol. The number of amides is 1. The van der Waals surface area contributed by atoms with E-state index >= 15 is 0 Å². The van der Waals surface area contributed by atoms with Gasteiger partial charge in [-0.15, -0.1) is 0 Å². The van der Waals surface area contributed by atoms with Crippen LogP contribution in [0.25, 0.3) is 11.8 Å². The maximum Gasteiger partial charge on any atom is 1.00 e. The molecule has 0 saturated heterocycles. The van der Waals surface area contributed by atoms with E-state index in [1.807, 2.05) is 0 Å². The van der Waals surface area contributed by atoms with Crippen molar-refractivity contribution in [2.24, 2.45) is 5.10 Å². The number of aromatic nitrogens is 2. The summed E-state index contributed by atoms with van der Waals surface area (Å²) >= 11 is 0. The number of benzene rings is 2. The minimum atomic E-state index is -4.36. The van der Waals surface area contributed by atoms with Crippen molar-refractivity contribution in [1.29, 1.82) is 0 Å². The molecule has 2 heterocycles. The van der Waals surface area contributed by atoms with E-state index in [1.165, 1.54) is 53.2 Å². The molecule has 0 spiro atoms. The summed E-state index contributed by atoms with van der Waals surface area (Å²) in [6.07, 6.45) is 7.96. The molecular formula is C25H24K2N4O8S2. The number of H-pyrrole nitrogens is 1. The third-order valence-electron chi connectivity index (χ3n) is 5.70. The first kappa shape index (κ1) is 36.1. The van der Waals surface area contributed by atoms with Crippen LogP contribution in [0, 0.1) is 6.92 Å². The van der Waals surface area contributed by atoms with Crippen molar-refractivity contribution in [3.8, 4) is 5.69 Å². The summed E-state index contributed by atoms with van der Waals surface area (Å²) in [4.78, 5) is 25.1. The standard InChI is InChI=1S/C25H22N4O8S2.2K.2H/c1-16-22(24(30)28(26-16)18-8-12-20(13-9-18)38(32,33)34)6-4-3-5-7-23-17(2)27-29(25(23)31)19-10-14-21(15-11-19)39(35,36)37;;;;/h3-15,26H,1-2H3,(H,32,33,34)(H,35,36,37);;;;/q;2*+1;2*-1. The number of nitrogens with one attached hydrogen (secondary N) is 1. The molecule has 3 N–H and O–H groups in total. The van der Waals surface area contributed by atoms with Gasteiger partial charge in [-0.2, -0.15) is 26.9 Å². The molecule has 1 aliphatic rings. The third kappa shape index (κ3) is 8.51. The van der Waals surface area contributed by atoms with Gasteiger partial charge in [-0.3, -0.25) is 23.8 Å². The molecule has 41 heavy (non-hydrogen) atoms. The molecule has 0 atom stereocenters. The van der Waals surface area contributed by atoms with Crippen molar-refractivity contribution in [2.45, 2.75) is 23.6 Å². The molecule has 1 amide bonds. The first-order valence-corrected chi connectivity index (χ1v) is 14.1. The zero-order valence-electron chi connectivity index (χ0n) is 24.5. The summed E-state index contributed by atoms with van der Waals surface area (Å²) in [5.74, 6) is -0.426. The van der Waals surface area contributed by atoms with Gasteiger partial charge in [0.2, 0.25) is 0 Å². The van der Waals surface area contributed by atoms with Crippen molar-refractivity contribution < 1.29 is 136 Å². The monoisotopic (exact) mass is 650 g/mol. The van der Waals surface area contributed by atoms with E-state index in [2.05, 4.69) is 10.2 Å². The Labute approximate surface area is 324 Å². The third-order valence-corrected chi connectivity index (χ3v) is 7.44. The number of anilines is 1. The zero-order chi connectivity index (χ0) is 28.5. The number of hydrogen-bond donors (Lipinski definition) is 3. The van der Waals surface area contributed by atoms with Gasteiger partial charge in [-0.1, -0.05) is 18.2 Å². The Balaban J connectivity index is 0.00000441. The first-order chi connectivity index (χ1) is 18.3. The van der Waals surface area contributed by atoms with Gasteiger partial charge >= 0.3 is 103 Å². The smallest absolute Gasteiger partial charge is 1.00 e. The van der Waals surface area contributed by atoms with E-state index in [4.69, 9.17) is 9.11 Å². The number of aryl methyl sites for hydroxylation is 1. The van der Waals surface area contributed by atoms with Gasteiger partial charge in [0, 0.05) is 5.69 Å². The van der Waals surface area contributed by atoms with E-state index in [1.54, 1.807) is 44.2 Å². The van der Waals surface area contributed by atoms with Gasteiger partial charge in [-0.25, -0.2) is 4.68 Å². The molecule has 1 aliphatic heterocycles. The van der Waals surface area contributed by atoms with Crippen LogP contribution in [-0.2, 0) is 25.0 Å². The molecule has 2 aromatic carbocycles. The molecule has 1 aromatic heterocycles. The van der Waals surface area contributed by atoms with E-state index in [9.17, 15) is 26.4 Å². The van der Waals surface area contributed by atoms with Crippen LogP contribution in [-0.4, -0.2) is 47.3 Å². The van der Waals surface area contributed by atoms with Crippen LogP contribution in [0.4, 0.5) is 5.69 Å². The number of hydrogen-bond acceptors (Lipinski definition) is 7. The SMILES string of the molecule is CC1=NN(c2ccc(S(=O)(=O)O)cc2)C(=O)C1=CC=CC=Cc1c(C)[nH]n(-c2ccc(S(=O)(=O)O)cc2)c1=O.[H-].[H-].[K+].[K+]. The van der Waals surface area contributed by atoms with E-state index < -0.39 is 26.1 Å². The summed E-state index contributed by atoms with van der Waals surface area (Å²) in [5, 5.41) is 8.23. The van der Waals surface area contributed by atoms with E-state index in [-0.39, 0.29) is 121 Å². The molecule has 0 aliphatic carbocycles. The van der Waals surface area contributed by atoms with Gasteiger partial charge < -0.3 is 2.85 Å². The van der Waals surface area contributed by atoms with Crippen molar-refractivity contribution in [1.82, 2.24) is 9.78 Å². The van der Waals surface area contributed by atoms with Gasteiger partial charge in [0.15, 0.2) is 0 Å². The number of rotatable bonds is 7. The Kier molecular flexibility index (Phi) is 12.8. The number of carbonyl (C=O) groups excluding carboxylic acids is 1. The van der Waals surface area contributed by atoms with Crippen LogP contribution < -0.4 is 113 Å². The maximum absolute atomic E-state index is 12.8. The second-order valence-electron chi connectivity index (χ2n) is 8.36. The van der Waals surface area contributed by atoms with Crippen LogP contribution >= 0.6 is 0 Å². The van der Waals surface area contributed by atoms with E-state index in [0.717, 1.165) is 5.01 Å². The average Bonchev–Trinajstić information content (AvgIpc) is 3.32. The predicted octanol–water partition coefficient (Wildman–Crippen LogP) is -2.88. The molecule has 0 bridgehead atoms. The topological polar surface area (TPSA) is 179 Å². The molecule has 206 valence electrons. The maximum atomic E-state index is 12.8. The number of hydrazone groups is 1. The summed E-state index contributed by atoms with van der Waals surface area (Å²) in [5.41, 5.74) is 2.00. The predicted molar refractivity (Wildman–Crippen MR) is 146 cm³/mol. The number of aromatic amines is 1. The Hall–Kier alpha value is -1.10. The largest absolute Gasteiger partial charge is 1.00 e. The first-order valence-electron chi connectivity index (χ1n) is 11.2. The molecule has 16 heteroatoms. The van der Waals surface area contributed by atoms with Crippen LogP contribution in [0.5, 0.6) is 0 Å². The summed E-state index contributed by atoms with van der Waals surface area (Å²) in [6, 6.07) is 10.2. The Morgan fingerprint density at radius 2 is 1.32 bits per heavy atom. The molecule has 12 nitrogen and oxygen atoms in total. The molecule has 0 saturated carbocycles. The number of carbonyl (C=O) groups is 1. The van der Waals surface area contributed by atoms with Gasteiger partial charge in [0.1, 0.15) is 0 Å². The van der Waals surface area contributed by atoms with Crippen LogP contribution in [0.2, 0.25) is 0 Å². The molecule has 0 fully saturated rings. The minimum Gasteiger partial charge on any atom is -1.00 e. The Bertz CT molecular complexity index is 1870. The summed E-state index contributed by atoms with van der Waals surface area (Å²) in [6.45, 7) is 3.35. The molecule has 3 aromatic rings. The van der Waals surface area contributed by atoms with Crippen LogP contribution in [0.1, 0.15) is 21.0 Å². The second kappa shape index (κ2) is 14.6. The quantitative estimate of drug-likeness (QED) is 0.106. The number of nitrogens with zero attached hydrogens (tertiary/aromatic N) is 3. The minimum absolute atomic E-state index is 0. The normalized spacial score (nSPS) is 14.9. The van der Waals surface area contributed by atoms with Gasteiger partial charge in [0.05, 0.1) is 38.0 Å². The molecule has 4 rings (SSSR count). The molecule has 0 unspecified atom stereocenters. The van der Waals surface area contributed by atoms with Crippen LogP contribution in [0.15, 0.2) is 98.1 Å². The second-order valence-corrected chi connectivity index (χ2v) is 11.2. The fourth-order valence-electron chi connectivity index (χ4n) is 3.72. The summed E-state index contributed by atoms with van der Waals surface area (Å²) in [7, 11) is -8.71.